The zero-order chi connectivity index (χ0) is 18.9. The zero-order valence-corrected chi connectivity index (χ0v) is 14.3. The number of thioether (sulfide) groups is 1. The van der Waals surface area contributed by atoms with E-state index >= 15 is 0 Å². The molecule has 6 nitrogen and oxygen atoms in total. The van der Waals surface area contributed by atoms with Gasteiger partial charge in [-0.1, -0.05) is 5.16 Å². The van der Waals surface area contributed by atoms with E-state index in [0.717, 1.165) is 23.9 Å². The van der Waals surface area contributed by atoms with Crippen molar-refractivity contribution in [1.82, 2.24) is 10.5 Å². The number of carbonyl (C=O) groups is 2. The van der Waals surface area contributed by atoms with E-state index in [1.807, 2.05) is 0 Å². The minimum absolute atomic E-state index is 0.101. The van der Waals surface area contributed by atoms with E-state index < -0.39 is 22.9 Å². The standard InChI is InChI=1S/C16H14F3N3O3S/c1-8-4-10(22-25-8)7-20-14(23)6-13-15(24)21-11-5-9(16(17,18)19)2-3-12(11)26-13/h2-5,13H,6-7H2,1H3,(H,20,23)(H,21,24). The Morgan fingerprint density at radius 3 is 2.81 bits per heavy atom. The number of nitrogens with one attached hydrogen (secondary N) is 2. The summed E-state index contributed by atoms with van der Waals surface area (Å²) in [7, 11) is 0. The number of anilines is 1. The predicted molar refractivity (Wildman–Crippen MR) is 87.4 cm³/mol. The van der Waals surface area contributed by atoms with E-state index in [9.17, 15) is 22.8 Å². The smallest absolute Gasteiger partial charge is 0.361 e. The van der Waals surface area contributed by atoms with Crippen molar-refractivity contribution in [2.75, 3.05) is 5.32 Å². The highest BCUT2D eigenvalue weighted by Crippen LogP contribution is 2.40. The maximum absolute atomic E-state index is 12.7. The van der Waals surface area contributed by atoms with E-state index in [1.165, 1.54) is 6.07 Å². The van der Waals surface area contributed by atoms with Crippen LogP contribution in [0, 0.1) is 6.92 Å². The van der Waals surface area contributed by atoms with Crippen LogP contribution in [0.1, 0.15) is 23.4 Å². The summed E-state index contributed by atoms with van der Waals surface area (Å²) in [6.07, 6.45) is -4.59. The van der Waals surface area contributed by atoms with Crippen LogP contribution in [0.3, 0.4) is 0 Å². The summed E-state index contributed by atoms with van der Waals surface area (Å²) in [4.78, 5) is 24.6. The second-order valence-corrected chi connectivity index (χ2v) is 6.96. The lowest BCUT2D eigenvalue weighted by Gasteiger charge is -2.24. The highest BCUT2D eigenvalue weighted by molar-refractivity contribution is 8.01. The number of aryl methyl sites for hydroxylation is 1. The fourth-order valence-corrected chi connectivity index (χ4v) is 3.48. The molecule has 0 fully saturated rings. The fourth-order valence-electron chi connectivity index (χ4n) is 2.39. The summed E-state index contributed by atoms with van der Waals surface area (Å²) in [5.74, 6) is -0.255. The second-order valence-electron chi connectivity index (χ2n) is 5.71. The number of carbonyl (C=O) groups excluding carboxylic acids is 2. The number of hydrogen-bond acceptors (Lipinski definition) is 5. The molecule has 3 rings (SSSR count). The van der Waals surface area contributed by atoms with E-state index in [0.29, 0.717) is 16.3 Å². The summed E-state index contributed by atoms with van der Waals surface area (Å²) >= 11 is 1.06. The first-order valence-electron chi connectivity index (χ1n) is 7.60. The third-order valence-corrected chi connectivity index (χ3v) is 4.92. The van der Waals surface area contributed by atoms with Gasteiger partial charge in [-0.05, 0) is 25.1 Å². The number of aromatic nitrogens is 1. The Labute approximate surface area is 150 Å². The van der Waals surface area contributed by atoms with Crippen LogP contribution >= 0.6 is 11.8 Å². The first-order valence-corrected chi connectivity index (χ1v) is 8.48. The molecule has 1 atom stereocenters. The maximum atomic E-state index is 12.7. The highest BCUT2D eigenvalue weighted by atomic mass is 32.2. The normalized spacial score (nSPS) is 16.8. The van der Waals surface area contributed by atoms with Gasteiger partial charge >= 0.3 is 6.18 Å². The Morgan fingerprint density at radius 1 is 1.38 bits per heavy atom. The molecule has 10 heteroatoms. The van der Waals surface area contributed by atoms with E-state index in [4.69, 9.17) is 4.52 Å². The fraction of sp³-hybridized carbons (Fsp3) is 0.312. The molecule has 2 heterocycles. The predicted octanol–water partition coefficient (Wildman–Crippen LogP) is 3.12. The Hall–Kier alpha value is -2.49. The lowest BCUT2D eigenvalue weighted by atomic mass is 10.1. The number of amides is 2. The van der Waals surface area contributed by atoms with Crippen LogP contribution in [-0.4, -0.2) is 22.2 Å². The molecular formula is C16H14F3N3O3S. The first-order chi connectivity index (χ1) is 12.2. The number of fused-ring (bicyclic) bond motifs is 1. The van der Waals surface area contributed by atoms with Crippen molar-refractivity contribution < 1.29 is 27.3 Å². The molecule has 0 saturated heterocycles. The molecule has 1 aromatic carbocycles. The number of alkyl halides is 3. The van der Waals surface area contributed by atoms with Crippen molar-refractivity contribution in [3.63, 3.8) is 0 Å². The largest absolute Gasteiger partial charge is 0.416 e. The van der Waals surface area contributed by atoms with Crippen LogP contribution in [0.5, 0.6) is 0 Å². The summed E-state index contributed by atoms with van der Waals surface area (Å²) in [5, 5.41) is 8.08. The third kappa shape index (κ3) is 4.18. The molecule has 2 N–H and O–H groups in total. The van der Waals surface area contributed by atoms with Gasteiger partial charge in [-0.3, -0.25) is 9.59 Å². The zero-order valence-electron chi connectivity index (χ0n) is 13.5. The SMILES string of the molecule is Cc1cc(CNC(=O)CC2Sc3ccc(C(F)(F)F)cc3NC2=O)no1. The average molecular weight is 385 g/mol. The van der Waals surface area contributed by atoms with Crippen molar-refractivity contribution in [1.29, 1.82) is 0 Å². The minimum Gasteiger partial charge on any atom is -0.361 e. The van der Waals surface area contributed by atoms with Crippen LogP contribution in [0.15, 0.2) is 33.7 Å². The quantitative estimate of drug-likeness (QED) is 0.845. The molecule has 0 saturated carbocycles. The number of rotatable bonds is 4. The number of hydrogen-bond donors (Lipinski definition) is 2. The third-order valence-electron chi connectivity index (χ3n) is 3.64. The van der Waals surface area contributed by atoms with Crippen LogP contribution in [0.2, 0.25) is 0 Å². The van der Waals surface area contributed by atoms with Crippen molar-refractivity contribution in [3.8, 4) is 0 Å². The number of benzene rings is 1. The van der Waals surface area contributed by atoms with Crippen LogP contribution in [0.4, 0.5) is 18.9 Å². The van der Waals surface area contributed by atoms with Crippen LogP contribution < -0.4 is 10.6 Å². The lowest BCUT2D eigenvalue weighted by molar-refractivity contribution is -0.137. The van der Waals surface area contributed by atoms with Gasteiger partial charge in [0.1, 0.15) is 11.5 Å². The summed E-state index contributed by atoms with van der Waals surface area (Å²) in [5.41, 5.74) is -0.178. The van der Waals surface area contributed by atoms with Gasteiger partial charge in [0, 0.05) is 17.4 Å². The molecular weight excluding hydrogens is 371 g/mol. The van der Waals surface area contributed by atoms with Crippen LogP contribution in [-0.2, 0) is 22.3 Å². The molecule has 1 unspecified atom stereocenters. The van der Waals surface area contributed by atoms with Crippen LogP contribution in [0.25, 0.3) is 0 Å². The Bertz CT molecular complexity index is 851. The van der Waals surface area contributed by atoms with Crippen molar-refractivity contribution in [2.24, 2.45) is 0 Å². The second kappa shape index (κ2) is 7.02. The topological polar surface area (TPSA) is 84.2 Å². The van der Waals surface area contributed by atoms with Gasteiger partial charge in [0.25, 0.3) is 0 Å². The molecule has 138 valence electrons. The van der Waals surface area contributed by atoms with E-state index in [-0.39, 0.29) is 24.6 Å². The van der Waals surface area contributed by atoms with Gasteiger partial charge < -0.3 is 15.2 Å². The summed E-state index contributed by atoms with van der Waals surface area (Å²) < 4.78 is 43.1. The molecule has 2 aromatic rings. The summed E-state index contributed by atoms with van der Waals surface area (Å²) in [6.45, 7) is 1.89. The van der Waals surface area contributed by atoms with Gasteiger partial charge in [0.15, 0.2) is 0 Å². The molecule has 0 bridgehead atoms. The van der Waals surface area contributed by atoms with E-state index in [1.54, 1.807) is 13.0 Å². The Kier molecular flexibility index (Phi) is 4.94. The van der Waals surface area contributed by atoms with E-state index in [2.05, 4.69) is 15.8 Å². The molecule has 1 aliphatic heterocycles. The number of nitrogens with zero attached hydrogens (tertiary/aromatic N) is 1. The molecule has 0 spiro atoms. The maximum Gasteiger partial charge on any atom is 0.416 e. The molecule has 0 aliphatic carbocycles. The van der Waals surface area contributed by atoms with Gasteiger partial charge in [-0.15, -0.1) is 11.8 Å². The van der Waals surface area contributed by atoms with Gasteiger partial charge in [-0.2, -0.15) is 13.2 Å². The van der Waals surface area contributed by atoms with Crippen molar-refractivity contribution in [3.05, 3.63) is 41.3 Å². The van der Waals surface area contributed by atoms with Crippen molar-refractivity contribution >= 4 is 29.3 Å². The molecule has 26 heavy (non-hydrogen) atoms. The number of halogens is 3. The van der Waals surface area contributed by atoms with Crippen molar-refractivity contribution in [2.45, 2.75) is 36.2 Å². The molecule has 1 aliphatic rings. The monoisotopic (exact) mass is 385 g/mol. The highest BCUT2D eigenvalue weighted by Gasteiger charge is 2.34. The Morgan fingerprint density at radius 2 is 2.15 bits per heavy atom. The minimum atomic E-state index is -4.49. The van der Waals surface area contributed by atoms with Gasteiger partial charge in [-0.25, -0.2) is 0 Å². The molecule has 2 amide bonds. The summed E-state index contributed by atoms with van der Waals surface area (Å²) in [6, 6.07) is 4.82. The average Bonchev–Trinajstić information content (AvgIpc) is 2.98. The molecule has 1 aromatic heterocycles. The first kappa shape index (κ1) is 18.3. The molecule has 0 radical (unpaired) electrons. The Balaban J connectivity index is 1.62. The van der Waals surface area contributed by atoms with Gasteiger partial charge in [0.2, 0.25) is 11.8 Å². The van der Waals surface area contributed by atoms with Gasteiger partial charge in [0.05, 0.1) is 23.0 Å². The lowest BCUT2D eigenvalue weighted by Crippen LogP contribution is -2.34.